The average molecular weight is 325 g/mol. The van der Waals surface area contributed by atoms with Crippen LogP contribution in [0.3, 0.4) is 0 Å². The molecule has 1 unspecified atom stereocenters. The highest BCUT2D eigenvalue weighted by molar-refractivity contribution is 6.31. The quantitative estimate of drug-likeness (QED) is 0.878. The maximum atomic E-state index is 13.8. The van der Waals surface area contributed by atoms with Crippen LogP contribution in [0.15, 0.2) is 6.07 Å². The van der Waals surface area contributed by atoms with Crippen molar-refractivity contribution in [3.05, 3.63) is 28.0 Å². The largest absolute Gasteiger partial charge is 0.505 e. The van der Waals surface area contributed by atoms with Crippen molar-refractivity contribution in [3.8, 4) is 5.75 Å². The van der Waals surface area contributed by atoms with Gasteiger partial charge in [0, 0.05) is 30.1 Å². The number of nitrogens with zero attached hydrogens (tertiary/aromatic N) is 1. The van der Waals surface area contributed by atoms with Crippen LogP contribution in [-0.4, -0.2) is 35.5 Å². The molecule has 0 aromatic heterocycles. The summed E-state index contributed by atoms with van der Waals surface area (Å²) in [6.07, 6.45) is 3.52. The van der Waals surface area contributed by atoms with Crippen molar-refractivity contribution >= 4 is 17.5 Å². The third-order valence-electron chi connectivity index (χ3n) is 5.23. The number of likely N-dealkylation sites (tertiary alicyclic amines) is 1. The van der Waals surface area contributed by atoms with Gasteiger partial charge in [0.05, 0.1) is 6.04 Å². The Hall–Kier alpha value is -1.33. The van der Waals surface area contributed by atoms with Gasteiger partial charge in [-0.3, -0.25) is 4.79 Å². The smallest absolute Gasteiger partial charge is 0.223 e. The summed E-state index contributed by atoms with van der Waals surface area (Å²) in [5, 5.41) is 13.8. The van der Waals surface area contributed by atoms with Gasteiger partial charge in [0.2, 0.25) is 5.91 Å². The number of phenolic OH excluding ortho intramolecular Hbond substituents is 1. The van der Waals surface area contributed by atoms with Gasteiger partial charge in [-0.05, 0) is 42.9 Å². The summed E-state index contributed by atoms with van der Waals surface area (Å²) < 4.78 is 13.8. The second-order valence-electron chi connectivity index (χ2n) is 6.79. The van der Waals surface area contributed by atoms with Gasteiger partial charge in [0.25, 0.3) is 0 Å². The number of halogens is 2. The van der Waals surface area contributed by atoms with Gasteiger partial charge in [0.15, 0.2) is 11.6 Å². The third kappa shape index (κ3) is 2.18. The minimum absolute atomic E-state index is 0.161. The van der Waals surface area contributed by atoms with Crippen LogP contribution < -0.4 is 5.32 Å². The fourth-order valence-electron chi connectivity index (χ4n) is 3.81. The van der Waals surface area contributed by atoms with Gasteiger partial charge in [0.1, 0.15) is 0 Å². The molecule has 1 saturated heterocycles. The van der Waals surface area contributed by atoms with E-state index < -0.39 is 5.82 Å². The van der Waals surface area contributed by atoms with Crippen LogP contribution in [0.1, 0.15) is 36.4 Å². The second-order valence-corrected chi connectivity index (χ2v) is 7.20. The molecular formula is C16H18ClFN2O2. The standard InChI is InChI=1S/C16H18ClFN2O2/c17-10-5-11(18)15(22)14-9(10)1-4-19-12(14)7-20-8-16(2-3-16)6-13(20)21/h5,12,19,22H,1-4,6-8H2. The Morgan fingerprint density at radius 1 is 1.50 bits per heavy atom. The molecule has 1 spiro atoms. The molecule has 22 heavy (non-hydrogen) atoms. The Balaban J connectivity index is 1.64. The fourth-order valence-corrected chi connectivity index (χ4v) is 4.10. The molecule has 1 saturated carbocycles. The van der Waals surface area contributed by atoms with E-state index in [-0.39, 0.29) is 23.1 Å². The molecule has 1 atom stereocenters. The molecule has 4 rings (SSSR count). The van der Waals surface area contributed by atoms with E-state index in [1.54, 1.807) is 0 Å². The zero-order chi connectivity index (χ0) is 15.5. The minimum atomic E-state index is -0.705. The summed E-state index contributed by atoms with van der Waals surface area (Å²) in [5.74, 6) is -0.887. The van der Waals surface area contributed by atoms with E-state index in [2.05, 4.69) is 5.32 Å². The van der Waals surface area contributed by atoms with Crippen LogP contribution in [-0.2, 0) is 11.2 Å². The summed E-state index contributed by atoms with van der Waals surface area (Å²) in [6.45, 7) is 1.94. The lowest BCUT2D eigenvalue weighted by Gasteiger charge is -2.31. The number of carbonyl (C=O) groups is 1. The van der Waals surface area contributed by atoms with Gasteiger partial charge in [-0.25, -0.2) is 4.39 Å². The van der Waals surface area contributed by atoms with Gasteiger partial charge in [-0.1, -0.05) is 11.6 Å². The summed E-state index contributed by atoms with van der Waals surface area (Å²) in [4.78, 5) is 14.0. The highest BCUT2D eigenvalue weighted by atomic mass is 35.5. The molecule has 2 heterocycles. The Kier molecular flexibility index (Phi) is 3.13. The van der Waals surface area contributed by atoms with Crippen molar-refractivity contribution in [2.75, 3.05) is 19.6 Å². The lowest BCUT2D eigenvalue weighted by Crippen LogP contribution is -2.40. The Labute approximate surface area is 133 Å². The maximum Gasteiger partial charge on any atom is 0.223 e. The molecule has 3 aliphatic rings. The van der Waals surface area contributed by atoms with E-state index >= 15 is 0 Å². The number of amides is 1. The SMILES string of the molecule is O=C1CC2(CC2)CN1CC1NCCc2c(Cl)cc(F)c(O)c21. The van der Waals surface area contributed by atoms with Crippen LogP contribution in [0.4, 0.5) is 4.39 Å². The molecular weight excluding hydrogens is 307 g/mol. The van der Waals surface area contributed by atoms with E-state index in [9.17, 15) is 14.3 Å². The van der Waals surface area contributed by atoms with Gasteiger partial charge in [-0.2, -0.15) is 0 Å². The lowest BCUT2D eigenvalue weighted by molar-refractivity contribution is -0.128. The fraction of sp³-hybridized carbons (Fsp3) is 0.562. The number of nitrogens with one attached hydrogen (secondary N) is 1. The van der Waals surface area contributed by atoms with Crippen LogP contribution in [0.5, 0.6) is 5.75 Å². The van der Waals surface area contributed by atoms with Crippen LogP contribution in [0.2, 0.25) is 5.02 Å². The number of phenols is 1. The first-order chi connectivity index (χ1) is 10.5. The Morgan fingerprint density at radius 3 is 2.95 bits per heavy atom. The number of benzene rings is 1. The molecule has 1 aliphatic carbocycles. The van der Waals surface area contributed by atoms with Crippen LogP contribution in [0.25, 0.3) is 0 Å². The molecule has 0 bridgehead atoms. The number of aromatic hydroxyl groups is 1. The van der Waals surface area contributed by atoms with Gasteiger partial charge in [-0.15, -0.1) is 0 Å². The van der Waals surface area contributed by atoms with Crippen molar-refractivity contribution in [1.29, 1.82) is 0 Å². The predicted octanol–water partition coefficient (Wildman–Crippen LogP) is 2.38. The average Bonchev–Trinajstić information content (AvgIpc) is 3.15. The molecule has 6 heteroatoms. The number of hydrogen-bond donors (Lipinski definition) is 2. The third-order valence-corrected chi connectivity index (χ3v) is 5.56. The van der Waals surface area contributed by atoms with Crippen molar-refractivity contribution in [2.45, 2.75) is 31.7 Å². The summed E-state index contributed by atoms with van der Waals surface area (Å²) in [7, 11) is 0. The van der Waals surface area contributed by atoms with E-state index in [1.807, 2.05) is 4.90 Å². The van der Waals surface area contributed by atoms with E-state index in [1.165, 1.54) is 0 Å². The number of hydrogen-bond acceptors (Lipinski definition) is 3. The highest BCUT2D eigenvalue weighted by Crippen LogP contribution is 2.53. The first kappa shape index (κ1) is 14.3. The first-order valence-corrected chi connectivity index (χ1v) is 8.08. The van der Waals surface area contributed by atoms with E-state index in [0.29, 0.717) is 36.5 Å². The summed E-state index contributed by atoms with van der Waals surface area (Å²) in [6, 6.07) is 0.896. The topological polar surface area (TPSA) is 52.6 Å². The summed E-state index contributed by atoms with van der Waals surface area (Å²) >= 11 is 6.13. The molecule has 0 radical (unpaired) electrons. The first-order valence-electron chi connectivity index (χ1n) is 7.70. The van der Waals surface area contributed by atoms with E-state index in [4.69, 9.17) is 11.6 Å². The van der Waals surface area contributed by atoms with Gasteiger partial charge >= 0.3 is 0 Å². The predicted molar refractivity (Wildman–Crippen MR) is 80.4 cm³/mol. The van der Waals surface area contributed by atoms with Crippen molar-refractivity contribution in [3.63, 3.8) is 0 Å². The molecule has 1 aromatic carbocycles. The second kappa shape index (κ2) is 4.83. The zero-order valence-electron chi connectivity index (χ0n) is 12.2. The number of rotatable bonds is 2. The molecule has 2 fully saturated rings. The normalized spacial score (nSPS) is 25.6. The molecule has 4 nitrogen and oxygen atoms in total. The van der Waals surface area contributed by atoms with Crippen molar-refractivity contribution in [1.82, 2.24) is 10.2 Å². The van der Waals surface area contributed by atoms with Crippen LogP contribution in [0, 0.1) is 11.2 Å². The minimum Gasteiger partial charge on any atom is -0.505 e. The Bertz CT molecular complexity index is 660. The molecule has 2 N–H and O–H groups in total. The van der Waals surface area contributed by atoms with Crippen molar-refractivity contribution < 1.29 is 14.3 Å². The molecule has 118 valence electrons. The van der Waals surface area contributed by atoms with E-state index in [0.717, 1.165) is 31.0 Å². The Morgan fingerprint density at radius 2 is 2.27 bits per heavy atom. The lowest BCUT2D eigenvalue weighted by atomic mass is 9.92. The zero-order valence-corrected chi connectivity index (χ0v) is 12.9. The number of fused-ring (bicyclic) bond motifs is 1. The monoisotopic (exact) mass is 324 g/mol. The summed E-state index contributed by atoms with van der Waals surface area (Å²) in [5.41, 5.74) is 1.51. The molecule has 1 amide bonds. The highest BCUT2D eigenvalue weighted by Gasteiger charge is 2.52. The maximum absolute atomic E-state index is 13.8. The number of carbonyl (C=O) groups excluding carboxylic acids is 1. The molecule has 2 aliphatic heterocycles. The molecule has 1 aromatic rings. The van der Waals surface area contributed by atoms with Crippen LogP contribution >= 0.6 is 11.6 Å². The van der Waals surface area contributed by atoms with Gasteiger partial charge < -0.3 is 15.3 Å². The van der Waals surface area contributed by atoms with Crippen molar-refractivity contribution in [2.24, 2.45) is 5.41 Å².